The molecule has 0 saturated heterocycles. The molecular formula is C12H25NO3. The van der Waals surface area contributed by atoms with Crippen molar-refractivity contribution >= 4 is 5.97 Å². The Morgan fingerprint density at radius 1 is 1.31 bits per heavy atom. The Morgan fingerprint density at radius 3 is 2.50 bits per heavy atom. The number of nitrogens with zero attached hydrogens (tertiary/aromatic N) is 1. The highest BCUT2D eigenvalue weighted by atomic mass is 16.5. The first-order valence-corrected chi connectivity index (χ1v) is 5.92. The van der Waals surface area contributed by atoms with Crippen molar-refractivity contribution in [2.45, 2.75) is 26.7 Å². The highest BCUT2D eigenvalue weighted by Gasteiger charge is 2.11. The molecule has 0 N–H and O–H groups in total. The molecule has 4 nitrogen and oxygen atoms in total. The van der Waals surface area contributed by atoms with Gasteiger partial charge in [-0.1, -0.05) is 20.3 Å². The zero-order chi connectivity index (χ0) is 12.4. The quantitative estimate of drug-likeness (QED) is 0.564. The summed E-state index contributed by atoms with van der Waals surface area (Å²) in [5.41, 5.74) is 0. The van der Waals surface area contributed by atoms with Gasteiger partial charge < -0.3 is 14.4 Å². The predicted molar refractivity (Wildman–Crippen MR) is 64.4 cm³/mol. The molecule has 0 aromatic carbocycles. The van der Waals surface area contributed by atoms with Crippen LogP contribution in [0.4, 0.5) is 0 Å². The Bertz CT molecular complexity index is 185. The molecule has 0 heterocycles. The molecule has 0 saturated carbocycles. The van der Waals surface area contributed by atoms with Crippen LogP contribution < -0.4 is 0 Å². The van der Waals surface area contributed by atoms with Gasteiger partial charge in [0.15, 0.2) is 0 Å². The highest BCUT2D eigenvalue weighted by molar-refractivity contribution is 5.69. The van der Waals surface area contributed by atoms with Crippen LogP contribution in [0.3, 0.4) is 0 Å². The molecule has 0 aliphatic carbocycles. The van der Waals surface area contributed by atoms with Crippen molar-refractivity contribution in [3.05, 3.63) is 0 Å². The third-order valence-corrected chi connectivity index (χ3v) is 2.74. The summed E-state index contributed by atoms with van der Waals surface area (Å²) in [5.74, 6) is 0.501. The SMILES string of the molecule is CCC(C)CN(CCOC)CCC(=O)OC. The lowest BCUT2D eigenvalue weighted by Crippen LogP contribution is -2.33. The van der Waals surface area contributed by atoms with E-state index in [0.29, 0.717) is 18.9 Å². The maximum absolute atomic E-state index is 11.1. The second-order valence-electron chi connectivity index (χ2n) is 4.13. The molecule has 1 unspecified atom stereocenters. The van der Waals surface area contributed by atoms with E-state index in [0.717, 1.165) is 26.1 Å². The van der Waals surface area contributed by atoms with Crippen LogP contribution in [0.5, 0.6) is 0 Å². The van der Waals surface area contributed by atoms with Gasteiger partial charge in [0.2, 0.25) is 0 Å². The van der Waals surface area contributed by atoms with Crippen molar-refractivity contribution in [3.8, 4) is 0 Å². The standard InChI is InChI=1S/C12H25NO3/c1-5-11(2)10-13(8-9-15-3)7-6-12(14)16-4/h11H,5-10H2,1-4H3. The number of ether oxygens (including phenoxy) is 2. The summed E-state index contributed by atoms with van der Waals surface area (Å²) < 4.78 is 9.70. The summed E-state index contributed by atoms with van der Waals surface area (Å²) in [5, 5.41) is 0. The first-order chi connectivity index (χ1) is 7.63. The first-order valence-electron chi connectivity index (χ1n) is 5.92. The molecule has 96 valence electrons. The number of hydrogen-bond donors (Lipinski definition) is 0. The molecule has 0 radical (unpaired) electrons. The van der Waals surface area contributed by atoms with Crippen molar-refractivity contribution in [1.82, 2.24) is 4.90 Å². The average Bonchev–Trinajstić information content (AvgIpc) is 2.31. The molecule has 0 fully saturated rings. The minimum absolute atomic E-state index is 0.147. The molecule has 0 spiro atoms. The largest absolute Gasteiger partial charge is 0.469 e. The van der Waals surface area contributed by atoms with E-state index < -0.39 is 0 Å². The monoisotopic (exact) mass is 231 g/mol. The summed E-state index contributed by atoms with van der Waals surface area (Å²) in [6.07, 6.45) is 1.61. The number of hydrogen-bond acceptors (Lipinski definition) is 4. The predicted octanol–water partition coefficient (Wildman–Crippen LogP) is 1.54. The number of methoxy groups -OCH3 is 2. The lowest BCUT2D eigenvalue weighted by Gasteiger charge is -2.24. The van der Waals surface area contributed by atoms with E-state index in [-0.39, 0.29) is 5.97 Å². The van der Waals surface area contributed by atoms with Gasteiger partial charge in [-0.2, -0.15) is 0 Å². The van der Waals surface area contributed by atoms with E-state index in [4.69, 9.17) is 4.74 Å². The summed E-state index contributed by atoms with van der Waals surface area (Å²) in [4.78, 5) is 13.3. The van der Waals surface area contributed by atoms with E-state index in [2.05, 4.69) is 23.5 Å². The smallest absolute Gasteiger partial charge is 0.306 e. The van der Waals surface area contributed by atoms with Crippen molar-refractivity contribution in [3.63, 3.8) is 0 Å². The Morgan fingerprint density at radius 2 is 2.00 bits per heavy atom. The van der Waals surface area contributed by atoms with Crippen LogP contribution in [0.15, 0.2) is 0 Å². The molecule has 1 atom stereocenters. The second kappa shape index (κ2) is 9.60. The maximum atomic E-state index is 11.1. The second-order valence-corrected chi connectivity index (χ2v) is 4.13. The van der Waals surface area contributed by atoms with Crippen molar-refractivity contribution in [2.24, 2.45) is 5.92 Å². The van der Waals surface area contributed by atoms with Gasteiger partial charge in [-0.25, -0.2) is 0 Å². The van der Waals surface area contributed by atoms with Gasteiger partial charge in [0, 0.05) is 26.7 Å². The van der Waals surface area contributed by atoms with E-state index in [1.807, 2.05) is 0 Å². The van der Waals surface area contributed by atoms with Gasteiger partial charge in [0.05, 0.1) is 20.1 Å². The van der Waals surface area contributed by atoms with Crippen molar-refractivity contribution in [1.29, 1.82) is 0 Å². The number of esters is 1. The Balaban J connectivity index is 3.93. The van der Waals surface area contributed by atoms with Crippen molar-refractivity contribution in [2.75, 3.05) is 40.5 Å². The van der Waals surface area contributed by atoms with Gasteiger partial charge in [-0.05, 0) is 5.92 Å². The molecule has 0 bridgehead atoms. The van der Waals surface area contributed by atoms with E-state index in [1.165, 1.54) is 7.11 Å². The molecule has 16 heavy (non-hydrogen) atoms. The van der Waals surface area contributed by atoms with Crippen LogP contribution in [0.25, 0.3) is 0 Å². The molecule has 0 amide bonds. The van der Waals surface area contributed by atoms with Gasteiger partial charge in [0.1, 0.15) is 0 Å². The van der Waals surface area contributed by atoms with Crippen LogP contribution in [0.2, 0.25) is 0 Å². The van der Waals surface area contributed by atoms with Gasteiger partial charge in [-0.3, -0.25) is 4.79 Å². The number of carbonyl (C=O) groups is 1. The van der Waals surface area contributed by atoms with Gasteiger partial charge in [0.25, 0.3) is 0 Å². The van der Waals surface area contributed by atoms with Crippen LogP contribution in [0.1, 0.15) is 26.7 Å². The average molecular weight is 231 g/mol. The highest BCUT2D eigenvalue weighted by Crippen LogP contribution is 2.05. The van der Waals surface area contributed by atoms with Crippen molar-refractivity contribution < 1.29 is 14.3 Å². The van der Waals surface area contributed by atoms with Crippen LogP contribution in [-0.4, -0.2) is 51.3 Å². The van der Waals surface area contributed by atoms with Gasteiger partial charge >= 0.3 is 5.97 Å². The zero-order valence-corrected chi connectivity index (χ0v) is 11.0. The molecule has 4 heteroatoms. The van der Waals surface area contributed by atoms with E-state index >= 15 is 0 Å². The molecule has 0 aromatic heterocycles. The summed E-state index contributed by atoms with van der Waals surface area (Å²) >= 11 is 0. The molecule has 0 aliphatic heterocycles. The normalized spacial score (nSPS) is 12.8. The molecular weight excluding hydrogens is 206 g/mol. The fourth-order valence-corrected chi connectivity index (χ4v) is 1.44. The maximum Gasteiger partial charge on any atom is 0.306 e. The molecule has 0 aromatic rings. The fraction of sp³-hybridized carbons (Fsp3) is 0.917. The van der Waals surface area contributed by atoms with E-state index in [9.17, 15) is 4.79 Å². The zero-order valence-electron chi connectivity index (χ0n) is 11.0. The summed E-state index contributed by atoms with van der Waals surface area (Å²) in [7, 11) is 3.12. The summed E-state index contributed by atoms with van der Waals surface area (Å²) in [6.45, 7) is 7.74. The summed E-state index contributed by atoms with van der Waals surface area (Å²) in [6, 6.07) is 0. The number of rotatable bonds is 9. The minimum Gasteiger partial charge on any atom is -0.469 e. The third kappa shape index (κ3) is 7.65. The Labute approximate surface area is 98.9 Å². The fourth-order valence-electron chi connectivity index (χ4n) is 1.44. The third-order valence-electron chi connectivity index (χ3n) is 2.74. The van der Waals surface area contributed by atoms with Gasteiger partial charge in [-0.15, -0.1) is 0 Å². The lowest BCUT2D eigenvalue weighted by molar-refractivity contribution is -0.141. The minimum atomic E-state index is -0.147. The van der Waals surface area contributed by atoms with Crippen LogP contribution in [0, 0.1) is 5.92 Å². The van der Waals surface area contributed by atoms with E-state index in [1.54, 1.807) is 7.11 Å². The Kier molecular flexibility index (Phi) is 9.24. The topological polar surface area (TPSA) is 38.8 Å². The Hall–Kier alpha value is -0.610. The first kappa shape index (κ1) is 15.4. The van der Waals surface area contributed by atoms with Crippen LogP contribution >= 0.6 is 0 Å². The lowest BCUT2D eigenvalue weighted by atomic mass is 10.1. The molecule has 0 aliphatic rings. The number of carbonyl (C=O) groups excluding carboxylic acids is 1. The van der Waals surface area contributed by atoms with Crippen LogP contribution in [-0.2, 0) is 14.3 Å². The molecule has 0 rings (SSSR count).